The highest BCUT2D eigenvalue weighted by Crippen LogP contribution is 2.39. The van der Waals surface area contributed by atoms with Gasteiger partial charge in [0.2, 0.25) is 10.0 Å². The average Bonchev–Trinajstić information content (AvgIpc) is 3.45. The third-order valence-electron chi connectivity index (χ3n) is 5.05. The molecule has 2 aromatic carbocycles. The fraction of sp³-hybridized carbons (Fsp3) is 0.200. The lowest BCUT2D eigenvalue weighted by Gasteiger charge is -2.12. The van der Waals surface area contributed by atoms with Gasteiger partial charge >= 0.3 is 0 Å². The van der Waals surface area contributed by atoms with Gasteiger partial charge in [-0.2, -0.15) is 0 Å². The highest BCUT2D eigenvalue weighted by molar-refractivity contribution is 7.89. The summed E-state index contributed by atoms with van der Waals surface area (Å²) in [5.41, 5.74) is 3.45. The van der Waals surface area contributed by atoms with Crippen LogP contribution in [0.2, 0.25) is 0 Å². The normalized spacial score (nSPS) is 14.6. The Kier molecular flexibility index (Phi) is 3.85. The minimum absolute atomic E-state index is 0.0753. The van der Waals surface area contributed by atoms with E-state index in [4.69, 9.17) is 10.1 Å². The van der Waals surface area contributed by atoms with E-state index in [1.807, 2.05) is 18.2 Å². The van der Waals surface area contributed by atoms with Gasteiger partial charge in [-0.15, -0.1) is 0 Å². The predicted molar refractivity (Wildman–Crippen MR) is 108 cm³/mol. The molecule has 142 valence electrons. The molecule has 0 atom stereocenters. The monoisotopic (exact) mass is 393 g/mol. The van der Waals surface area contributed by atoms with Crippen LogP contribution < -0.4 is 10.5 Å². The van der Waals surface area contributed by atoms with Crippen molar-refractivity contribution < 1.29 is 8.42 Å². The third-order valence-corrected chi connectivity index (χ3v) is 6.02. The van der Waals surface area contributed by atoms with E-state index < -0.39 is 10.0 Å². The lowest BCUT2D eigenvalue weighted by atomic mass is 10.2. The quantitative estimate of drug-likeness (QED) is 0.542. The van der Waals surface area contributed by atoms with Crippen LogP contribution in [0.25, 0.3) is 21.9 Å². The fourth-order valence-electron chi connectivity index (χ4n) is 3.67. The maximum Gasteiger partial charge on any atom is 0.238 e. The van der Waals surface area contributed by atoms with Crippen LogP contribution in [-0.2, 0) is 16.6 Å². The Bertz CT molecular complexity index is 1310. The van der Waals surface area contributed by atoms with Crippen LogP contribution in [0.5, 0.6) is 0 Å². The van der Waals surface area contributed by atoms with E-state index in [0.29, 0.717) is 23.5 Å². The molecule has 0 radical (unpaired) electrons. The summed E-state index contributed by atoms with van der Waals surface area (Å²) < 4.78 is 26.1. The Hall–Kier alpha value is -2.97. The number of nitrogens with zero attached hydrogens (tertiary/aromatic N) is 3. The number of hydrogen-bond donors (Lipinski definition) is 2. The first-order chi connectivity index (χ1) is 13.5. The summed E-state index contributed by atoms with van der Waals surface area (Å²) in [4.78, 5) is 9.24. The highest BCUT2D eigenvalue weighted by Gasteiger charge is 2.28. The summed E-state index contributed by atoms with van der Waals surface area (Å²) in [6.07, 6.45) is 3.97. The zero-order valence-corrected chi connectivity index (χ0v) is 15.9. The molecule has 1 aliphatic rings. The van der Waals surface area contributed by atoms with Gasteiger partial charge in [0.25, 0.3) is 0 Å². The standard InChI is InChI=1S/C20H19N5O2S/c21-28(26,27)18-10-9-16(20-14(18)4-3-11-22-20)23-12-19-24-15-5-1-2-6-17(15)25(19)13-7-8-13/h1-6,9-11,13,23H,7-8,12H2,(H2,21,26,27). The van der Waals surface area contributed by atoms with E-state index in [1.165, 1.54) is 18.9 Å². The number of hydrogen-bond acceptors (Lipinski definition) is 5. The fourth-order valence-corrected chi connectivity index (χ4v) is 4.40. The number of rotatable bonds is 5. The Morgan fingerprint density at radius 3 is 2.71 bits per heavy atom. The van der Waals surface area contributed by atoms with Crippen LogP contribution in [0.1, 0.15) is 24.7 Å². The number of nitrogens with two attached hydrogens (primary N) is 1. The van der Waals surface area contributed by atoms with Crippen LogP contribution in [0.4, 0.5) is 5.69 Å². The van der Waals surface area contributed by atoms with Crippen LogP contribution in [0, 0.1) is 0 Å². The van der Waals surface area contributed by atoms with Gasteiger partial charge in [-0.1, -0.05) is 12.1 Å². The predicted octanol–water partition coefficient (Wildman–Crippen LogP) is 3.18. The van der Waals surface area contributed by atoms with E-state index in [-0.39, 0.29) is 4.90 Å². The molecule has 1 aliphatic carbocycles. The molecular formula is C20H19N5O2S. The van der Waals surface area contributed by atoms with Crippen LogP contribution >= 0.6 is 0 Å². The second-order valence-electron chi connectivity index (χ2n) is 7.03. The number of sulfonamides is 1. The number of imidazole rings is 1. The number of pyridine rings is 1. The number of primary sulfonamides is 1. The first kappa shape index (κ1) is 17.2. The maximum atomic E-state index is 11.9. The number of para-hydroxylation sites is 2. The summed E-state index contributed by atoms with van der Waals surface area (Å²) in [6, 6.07) is 15.3. The topological polar surface area (TPSA) is 103 Å². The molecule has 4 aromatic rings. The van der Waals surface area contributed by atoms with Crippen molar-refractivity contribution in [3.63, 3.8) is 0 Å². The molecule has 0 amide bonds. The maximum absolute atomic E-state index is 11.9. The van der Waals surface area contributed by atoms with Crippen molar-refractivity contribution in [2.24, 2.45) is 5.14 Å². The molecule has 7 nitrogen and oxygen atoms in total. The lowest BCUT2D eigenvalue weighted by Crippen LogP contribution is -2.13. The molecule has 3 N–H and O–H groups in total. The van der Waals surface area contributed by atoms with Gasteiger partial charge in [-0.25, -0.2) is 18.5 Å². The zero-order chi connectivity index (χ0) is 19.3. The molecule has 8 heteroatoms. The Morgan fingerprint density at radius 1 is 1.11 bits per heavy atom. The number of benzene rings is 2. The van der Waals surface area contributed by atoms with E-state index in [1.54, 1.807) is 24.4 Å². The molecule has 1 saturated carbocycles. The van der Waals surface area contributed by atoms with Gasteiger partial charge in [-0.05, 0) is 49.2 Å². The van der Waals surface area contributed by atoms with E-state index in [2.05, 4.69) is 20.9 Å². The number of nitrogens with one attached hydrogen (secondary N) is 1. The molecule has 1 fully saturated rings. The van der Waals surface area contributed by atoms with Crippen molar-refractivity contribution in [3.8, 4) is 0 Å². The van der Waals surface area contributed by atoms with Crippen LogP contribution in [0.15, 0.2) is 59.6 Å². The number of anilines is 1. The molecule has 28 heavy (non-hydrogen) atoms. The van der Waals surface area contributed by atoms with Crippen molar-refractivity contribution in [3.05, 3.63) is 60.6 Å². The molecule has 0 bridgehead atoms. The Labute approximate surface area is 162 Å². The number of fused-ring (bicyclic) bond motifs is 2. The summed E-state index contributed by atoms with van der Waals surface area (Å²) >= 11 is 0. The van der Waals surface area contributed by atoms with E-state index in [9.17, 15) is 8.42 Å². The summed E-state index contributed by atoms with van der Waals surface area (Å²) in [7, 11) is -3.82. The SMILES string of the molecule is NS(=O)(=O)c1ccc(NCc2nc3ccccc3n2C2CC2)c2ncccc12. The van der Waals surface area contributed by atoms with Crippen molar-refractivity contribution >= 4 is 37.6 Å². The minimum Gasteiger partial charge on any atom is -0.376 e. The van der Waals surface area contributed by atoms with Crippen molar-refractivity contribution in [2.75, 3.05) is 5.32 Å². The van der Waals surface area contributed by atoms with Gasteiger partial charge in [0, 0.05) is 17.6 Å². The van der Waals surface area contributed by atoms with Gasteiger partial charge in [0.05, 0.1) is 33.7 Å². The average molecular weight is 393 g/mol. The van der Waals surface area contributed by atoms with Gasteiger partial charge in [0.15, 0.2) is 0 Å². The van der Waals surface area contributed by atoms with Gasteiger partial charge in [-0.3, -0.25) is 4.98 Å². The van der Waals surface area contributed by atoms with E-state index in [0.717, 1.165) is 22.5 Å². The summed E-state index contributed by atoms with van der Waals surface area (Å²) in [5, 5.41) is 9.24. The summed E-state index contributed by atoms with van der Waals surface area (Å²) in [6.45, 7) is 0.519. The first-order valence-electron chi connectivity index (χ1n) is 9.12. The molecule has 2 heterocycles. The Morgan fingerprint density at radius 2 is 1.93 bits per heavy atom. The molecular weight excluding hydrogens is 374 g/mol. The van der Waals surface area contributed by atoms with Gasteiger partial charge in [0.1, 0.15) is 5.82 Å². The molecule has 0 saturated heterocycles. The second kappa shape index (κ2) is 6.29. The lowest BCUT2D eigenvalue weighted by molar-refractivity contribution is 0.598. The molecule has 0 spiro atoms. The zero-order valence-electron chi connectivity index (χ0n) is 15.0. The molecule has 2 aromatic heterocycles. The molecule has 0 aliphatic heterocycles. The highest BCUT2D eigenvalue weighted by atomic mass is 32.2. The third kappa shape index (κ3) is 2.90. The summed E-state index contributed by atoms with van der Waals surface area (Å²) in [5.74, 6) is 0.961. The Balaban J connectivity index is 1.54. The molecule has 5 rings (SSSR count). The van der Waals surface area contributed by atoms with Crippen LogP contribution in [-0.4, -0.2) is 23.0 Å². The van der Waals surface area contributed by atoms with Crippen molar-refractivity contribution in [1.82, 2.24) is 14.5 Å². The first-order valence-corrected chi connectivity index (χ1v) is 10.7. The minimum atomic E-state index is -3.82. The van der Waals surface area contributed by atoms with Gasteiger partial charge < -0.3 is 9.88 Å². The van der Waals surface area contributed by atoms with Crippen molar-refractivity contribution in [1.29, 1.82) is 0 Å². The largest absolute Gasteiger partial charge is 0.376 e. The smallest absolute Gasteiger partial charge is 0.238 e. The van der Waals surface area contributed by atoms with Crippen LogP contribution in [0.3, 0.4) is 0 Å². The molecule has 0 unspecified atom stereocenters. The second-order valence-corrected chi connectivity index (χ2v) is 8.56. The van der Waals surface area contributed by atoms with Crippen molar-refractivity contribution in [2.45, 2.75) is 30.3 Å². The number of aromatic nitrogens is 3. The van der Waals surface area contributed by atoms with E-state index >= 15 is 0 Å².